The highest BCUT2D eigenvalue weighted by Gasteiger charge is 2.34. The van der Waals surface area contributed by atoms with Crippen LogP contribution in [0.15, 0.2) is 77.7 Å². The van der Waals surface area contributed by atoms with Gasteiger partial charge in [0.05, 0.1) is 10.6 Å². The first-order valence-corrected chi connectivity index (χ1v) is 15.9. The van der Waals surface area contributed by atoms with Gasteiger partial charge in [-0.3, -0.25) is 13.9 Å². The lowest BCUT2D eigenvalue weighted by molar-refractivity contribution is -0.140. The van der Waals surface area contributed by atoms with Gasteiger partial charge in [0.2, 0.25) is 11.8 Å². The molecule has 1 atom stereocenters. The molecule has 0 aromatic heterocycles. The van der Waals surface area contributed by atoms with Crippen molar-refractivity contribution in [2.24, 2.45) is 0 Å². The van der Waals surface area contributed by atoms with Gasteiger partial charge < -0.3 is 10.2 Å². The molecule has 0 bridgehead atoms. The van der Waals surface area contributed by atoms with Crippen molar-refractivity contribution in [3.63, 3.8) is 0 Å². The quantitative estimate of drug-likeness (QED) is 0.294. The predicted molar refractivity (Wildman–Crippen MR) is 163 cm³/mol. The number of carbonyl (C=O) groups is 2. The van der Waals surface area contributed by atoms with Crippen LogP contribution in [-0.4, -0.2) is 43.8 Å². The highest BCUT2D eigenvalue weighted by molar-refractivity contribution is 7.92. The number of anilines is 1. The summed E-state index contributed by atoms with van der Waals surface area (Å²) in [4.78, 5) is 29.3. The van der Waals surface area contributed by atoms with Gasteiger partial charge >= 0.3 is 0 Å². The number of aryl methyl sites for hydroxylation is 2. The fourth-order valence-corrected chi connectivity index (χ4v) is 6.75. The van der Waals surface area contributed by atoms with Crippen molar-refractivity contribution in [3.8, 4) is 0 Å². The van der Waals surface area contributed by atoms with Gasteiger partial charge in [-0.25, -0.2) is 8.42 Å². The van der Waals surface area contributed by atoms with Gasteiger partial charge in [-0.2, -0.15) is 0 Å². The number of rotatable bonds is 11. The third-order valence-electron chi connectivity index (χ3n) is 7.53. The van der Waals surface area contributed by atoms with Gasteiger partial charge in [0, 0.05) is 17.6 Å². The van der Waals surface area contributed by atoms with Crippen molar-refractivity contribution in [2.75, 3.05) is 10.8 Å². The molecule has 7 nitrogen and oxygen atoms in total. The van der Waals surface area contributed by atoms with Crippen molar-refractivity contribution in [3.05, 3.63) is 94.5 Å². The Labute approximate surface area is 248 Å². The molecule has 1 saturated carbocycles. The lowest BCUT2D eigenvalue weighted by Gasteiger charge is -2.34. The summed E-state index contributed by atoms with van der Waals surface area (Å²) in [5.41, 5.74) is 2.96. The highest BCUT2D eigenvalue weighted by atomic mass is 35.5. The summed E-state index contributed by atoms with van der Waals surface area (Å²) < 4.78 is 29.1. The first kappa shape index (κ1) is 30.6. The van der Waals surface area contributed by atoms with Crippen molar-refractivity contribution >= 4 is 39.1 Å². The third kappa shape index (κ3) is 7.68. The third-order valence-corrected chi connectivity index (χ3v) is 9.57. The summed E-state index contributed by atoms with van der Waals surface area (Å²) in [5, 5.41) is 3.69. The van der Waals surface area contributed by atoms with Crippen LogP contribution >= 0.6 is 11.6 Å². The maximum atomic E-state index is 14.2. The molecular formula is C32H38ClN3O4S. The summed E-state index contributed by atoms with van der Waals surface area (Å²) >= 11 is 6.10. The number of amides is 2. The number of halogens is 1. The zero-order valence-corrected chi connectivity index (χ0v) is 25.4. The molecule has 41 heavy (non-hydrogen) atoms. The average molecular weight is 596 g/mol. The molecule has 1 aliphatic carbocycles. The van der Waals surface area contributed by atoms with Gasteiger partial charge in [0.15, 0.2) is 0 Å². The molecule has 1 aliphatic rings. The number of carbonyl (C=O) groups excluding carboxylic acids is 2. The van der Waals surface area contributed by atoms with Crippen LogP contribution in [0.3, 0.4) is 0 Å². The number of hydrogen-bond acceptors (Lipinski definition) is 4. The molecule has 9 heteroatoms. The lowest BCUT2D eigenvalue weighted by atomic mass is 10.1. The SMILES string of the molecule is CC[C@@H](C(=O)NC1CCCC1)N(Cc1ccc(Cl)cc1)C(=O)CN(c1cccc(C)c1)S(=O)(=O)c1ccc(C)cc1. The minimum absolute atomic E-state index is 0.0904. The Morgan fingerprint density at radius 1 is 0.951 bits per heavy atom. The second-order valence-corrected chi connectivity index (χ2v) is 13.0. The van der Waals surface area contributed by atoms with E-state index in [0.717, 1.165) is 46.7 Å². The Morgan fingerprint density at radius 3 is 2.22 bits per heavy atom. The normalized spacial score (nSPS) is 14.4. The Kier molecular flexibility index (Phi) is 10.1. The molecule has 4 rings (SSSR count). The van der Waals surface area contributed by atoms with Crippen LogP contribution in [0, 0.1) is 13.8 Å². The van der Waals surface area contributed by atoms with E-state index in [1.165, 1.54) is 4.90 Å². The minimum Gasteiger partial charge on any atom is -0.352 e. The summed E-state index contributed by atoms with van der Waals surface area (Å²) in [6, 6.07) is 20.0. The van der Waals surface area contributed by atoms with Crippen LogP contribution in [0.1, 0.15) is 55.7 Å². The van der Waals surface area contributed by atoms with Crippen molar-refractivity contribution in [2.45, 2.75) is 76.4 Å². The van der Waals surface area contributed by atoms with Crippen LogP contribution in [0.5, 0.6) is 0 Å². The Morgan fingerprint density at radius 2 is 1.61 bits per heavy atom. The van der Waals surface area contributed by atoms with Gasteiger partial charge in [-0.05, 0) is 80.6 Å². The Hall–Kier alpha value is -3.36. The highest BCUT2D eigenvalue weighted by Crippen LogP contribution is 2.26. The first-order valence-electron chi connectivity index (χ1n) is 14.1. The molecule has 218 valence electrons. The Bertz CT molecular complexity index is 1450. The predicted octanol–water partition coefficient (Wildman–Crippen LogP) is 6.02. The zero-order chi connectivity index (χ0) is 29.6. The smallest absolute Gasteiger partial charge is 0.264 e. The topological polar surface area (TPSA) is 86.8 Å². The molecule has 0 heterocycles. The largest absolute Gasteiger partial charge is 0.352 e. The van der Waals surface area contributed by atoms with Gasteiger partial charge in [-0.15, -0.1) is 0 Å². The van der Waals surface area contributed by atoms with Gasteiger partial charge in [-0.1, -0.05) is 73.3 Å². The van der Waals surface area contributed by atoms with Gasteiger partial charge in [0.1, 0.15) is 12.6 Å². The molecule has 1 fully saturated rings. The van der Waals surface area contributed by atoms with E-state index >= 15 is 0 Å². The van der Waals surface area contributed by atoms with Crippen LogP contribution < -0.4 is 9.62 Å². The van der Waals surface area contributed by atoms with Crippen LogP contribution in [0.2, 0.25) is 5.02 Å². The first-order chi connectivity index (χ1) is 19.6. The maximum Gasteiger partial charge on any atom is 0.264 e. The van der Waals surface area contributed by atoms with E-state index in [1.807, 2.05) is 39.0 Å². The van der Waals surface area contributed by atoms with E-state index in [2.05, 4.69) is 5.32 Å². The second kappa shape index (κ2) is 13.5. The van der Waals surface area contributed by atoms with E-state index in [4.69, 9.17) is 11.6 Å². The summed E-state index contributed by atoms with van der Waals surface area (Å²) in [6.45, 7) is 5.30. The van der Waals surface area contributed by atoms with E-state index in [-0.39, 0.29) is 23.4 Å². The second-order valence-electron chi connectivity index (χ2n) is 10.7. The number of benzene rings is 3. The standard InChI is InChI=1S/C32H38ClN3O4S/c1-4-30(32(38)34-27-9-5-6-10-27)35(21-25-14-16-26(33)17-15-25)31(37)22-36(28-11-7-8-24(3)20-28)41(39,40)29-18-12-23(2)13-19-29/h7-8,11-20,27,30H,4-6,9-10,21-22H2,1-3H3,(H,34,38)/t30-/m0/s1. The van der Waals surface area contributed by atoms with E-state index in [9.17, 15) is 18.0 Å². The average Bonchev–Trinajstić information content (AvgIpc) is 3.45. The molecule has 1 N–H and O–H groups in total. The Balaban J connectivity index is 1.71. The van der Waals surface area contributed by atoms with E-state index < -0.39 is 28.5 Å². The molecule has 0 saturated heterocycles. The molecule has 3 aromatic rings. The minimum atomic E-state index is -4.10. The van der Waals surface area contributed by atoms with Crippen molar-refractivity contribution in [1.82, 2.24) is 10.2 Å². The fraction of sp³-hybridized carbons (Fsp3) is 0.375. The van der Waals surface area contributed by atoms with E-state index in [1.54, 1.807) is 54.6 Å². The molecule has 0 aliphatic heterocycles. The molecule has 0 unspecified atom stereocenters. The lowest BCUT2D eigenvalue weighted by Crippen LogP contribution is -2.53. The fourth-order valence-electron chi connectivity index (χ4n) is 5.22. The molecular weight excluding hydrogens is 558 g/mol. The molecule has 0 spiro atoms. The number of sulfonamides is 1. The number of hydrogen-bond donors (Lipinski definition) is 1. The van der Waals surface area contributed by atoms with Crippen LogP contribution in [0.4, 0.5) is 5.69 Å². The summed E-state index contributed by atoms with van der Waals surface area (Å²) in [7, 11) is -4.10. The maximum absolute atomic E-state index is 14.2. The van der Waals surface area contributed by atoms with E-state index in [0.29, 0.717) is 17.1 Å². The zero-order valence-electron chi connectivity index (χ0n) is 23.8. The summed E-state index contributed by atoms with van der Waals surface area (Å²) in [5.74, 6) is -0.684. The molecule has 0 radical (unpaired) electrons. The van der Waals surface area contributed by atoms with Crippen LogP contribution in [-0.2, 0) is 26.2 Å². The van der Waals surface area contributed by atoms with Crippen LogP contribution in [0.25, 0.3) is 0 Å². The molecule has 2 amide bonds. The number of nitrogens with one attached hydrogen (secondary N) is 1. The number of nitrogens with zero attached hydrogens (tertiary/aromatic N) is 2. The molecule has 3 aromatic carbocycles. The monoisotopic (exact) mass is 595 g/mol. The summed E-state index contributed by atoms with van der Waals surface area (Å²) in [6.07, 6.45) is 4.36. The van der Waals surface area contributed by atoms with Crippen molar-refractivity contribution < 1.29 is 18.0 Å². The van der Waals surface area contributed by atoms with Crippen molar-refractivity contribution in [1.29, 1.82) is 0 Å². The van der Waals surface area contributed by atoms with Gasteiger partial charge in [0.25, 0.3) is 10.0 Å².